The van der Waals surface area contributed by atoms with Crippen LogP contribution < -0.4 is 10.2 Å². The van der Waals surface area contributed by atoms with Crippen molar-refractivity contribution in [1.82, 2.24) is 10.3 Å². The van der Waals surface area contributed by atoms with Gasteiger partial charge in [-0.2, -0.15) is 5.26 Å². The zero-order chi connectivity index (χ0) is 19.1. The number of anilines is 2. The molecule has 1 aliphatic carbocycles. The standard InChI is InChI=1S/C18H18F2N4OS/c1-10-15(16(25)22-14-4-5-18(14,2)3)23-17(26-10)24(9-21)13-7-11(19)6-12(20)8-13/h6-8,14H,4-5H2,1-3H3,(H,22,25). The van der Waals surface area contributed by atoms with E-state index in [2.05, 4.69) is 24.1 Å². The van der Waals surface area contributed by atoms with Crippen LogP contribution in [0.5, 0.6) is 0 Å². The molecule has 1 heterocycles. The number of nitriles is 1. The number of carbonyl (C=O) groups is 1. The van der Waals surface area contributed by atoms with Gasteiger partial charge < -0.3 is 5.32 Å². The Morgan fingerprint density at radius 3 is 2.54 bits per heavy atom. The van der Waals surface area contributed by atoms with E-state index in [1.807, 2.05) is 6.19 Å². The molecule has 2 aromatic rings. The number of nitrogens with zero attached hydrogens (tertiary/aromatic N) is 3. The Morgan fingerprint density at radius 2 is 2.04 bits per heavy atom. The second-order valence-corrected chi connectivity index (χ2v) is 8.20. The molecule has 1 saturated carbocycles. The van der Waals surface area contributed by atoms with Crippen LogP contribution in [-0.2, 0) is 0 Å². The number of carbonyl (C=O) groups excluding carboxylic acids is 1. The Bertz CT molecular complexity index is 883. The SMILES string of the molecule is Cc1sc(N(C#N)c2cc(F)cc(F)c2)nc1C(=O)NC1CCC1(C)C. The molecule has 136 valence electrons. The van der Waals surface area contributed by atoms with Crippen LogP contribution in [0.3, 0.4) is 0 Å². The fourth-order valence-electron chi connectivity index (χ4n) is 2.93. The average molecular weight is 376 g/mol. The second kappa shape index (κ2) is 6.65. The predicted molar refractivity (Wildman–Crippen MR) is 95.2 cm³/mol. The van der Waals surface area contributed by atoms with E-state index in [4.69, 9.17) is 0 Å². The molecule has 1 unspecified atom stereocenters. The summed E-state index contributed by atoms with van der Waals surface area (Å²) in [4.78, 5) is 18.4. The third kappa shape index (κ3) is 3.40. The lowest BCUT2D eigenvalue weighted by molar-refractivity contribution is 0.0728. The van der Waals surface area contributed by atoms with Crippen molar-refractivity contribution in [3.8, 4) is 6.19 Å². The van der Waals surface area contributed by atoms with Gasteiger partial charge in [0.05, 0.1) is 5.69 Å². The molecule has 1 fully saturated rings. The Morgan fingerprint density at radius 1 is 1.38 bits per heavy atom. The first-order chi connectivity index (χ1) is 12.2. The van der Waals surface area contributed by atoms with Crippen LogP contribution in [0.2, 0.25) is 0 Å². The van der Waals surface area contributed by atoms with E-state index in [0.29, 0.717) is 4.88 Å². The number of amides is 1. The third-order valence-corrected chi connectivity index (χ3v) is 5.68. The number of aromatic nitrogens is 1. The Labute approximate surface area is 154 Å². The largest absolute Gasteiger partial charge is 0.347 e. The maximum absolute atomic E-state index is 13.5. The summed E-state index contributed by atoms with van der Waals surface area (Å²) in [7, 11) is 0. The highest BCUT2D eigenvalue weighted by Crippen LogP contribution is 2.40. The highest BCUT2D eigenvalue weighted by Gasteiger charge is 2.39. The van der Waals surface area contributed by atoms with Crippen molar-refractivity contribution in [2.45, 2.75) is 39.7 Å². The molecule has 0 bridgehead atoms. The monoisotopic (exact) mass is 376 g/mol. The number of hydrogen-bond donors (Lipinski definition) is 1. The van der Waals surface area contributed by atoms with Crippen LogP contribution in [0.25, 0.3) is 0 Å². The lowest BCUT2D eigenvalue weighted by Gasteiger charge is -2.44. The van der Waals surface area contributed by atoms with Crippen molar-refractivity contribution < 1.29 is 13.6 Å². The predicted octanol–water partition coefficient (Wildman–Crippen LogP) is 4.27. The van der Waals surface area contributed by atoms with Crippen molar-refractivity contribution in [3.63, 3.8) is 0 Å². The van der Waals surface area contributed by atoms with Crippen molar-refractivity contribution in [1.29, 1.82) is 5.26 Å². The maximum Gasteiger partial charge on any atom is 0.271 e. The number of aryl methyl sites for hydroxylation is 1. The van der Waals surface area contributed by atoms with Crippen molar-refractivity contribution in [3.05, 3.63) is 40.4 Å². The van der Waals surface area contributed by atoms with Gasteiger partial charge in [-0.3, -0.25) is 4.79 Å². The lowest BCUT2D eigenvalue weighted by atomic mass is 9.67. The van der Waals surface area contributed by atoms with Gasteiger partial charge in [-0.25, -0.2) is 18.7 Å². The minimum atomic E-state index is -0.793. The molecule has 1 aromatic heterocycles. The molecule has 8 heteroatoms. The smallest absolute Gasteiger partial charge is 0.271 e. The quantitative estimate of drug-likeness (QED) is 0.639. The van der Waals surface area contributed by atoms with Crippen LogP contribution in [-0.4, -0.2) is 16.9 Å². The molecule has 0 saturated heterocycles. The van der Waals surface area contributed by atoms with Gasteiger partial charge in [0.15, 0.2) is 6.19 Å². The van der Waals surface area contributed by atoms with E-state index in [-0.39, 0.29) is 33.9 Å². The molecule has 3 rings (SSSR count). The van der Waals surface area contributed by atoms with Crippen LogP contribution in [0, 0.1) is 35.4 Å². The summed E-state index contributed by atoms with van der Waals surface area (Å²) in [5.41, 5.74) is 0.302. The van der Waals surface area contributed by atoms with E-state index in [0.717, 1.165) is 47.3 Å². The highest BCUT2D eigenvalue weighted by molar-refractivity contribution is 7.16. The number of halogens is 2. The number of rotatable bonds is 4. The van der Waals surface area contributed by atoms with Gasteiger partial charge in [0.1, 0.15) is 17.3 Å². The normalized spacial score (nSPS) is 17.9. The summed E-state index contributed by atoms with van der Waals surface area (Å²) >= 11 is 1.12. The molecule has 1 amide bonds. The molecular weight excluding hydrogens is 358 g/mol. The highest BCUT2D eigenvalue weighted by atomic mass is 32.1. The first-order valence-corrected chi connectivity index (χ1v) is 8.97. The second-order valence-electron chi connectivity index (χ2n) is 7.02. The fraction of sp³-hybridized carbons (Fsp3) is 0.389. The topological polar surface area (TPSA) is 69.0 Å². The summed E-state index contributed by atoms with van der Waals surface area (Å²) in [5.74, 6) is -1.89. The summed E-state index contributed by atoms with van der Waals surface area (Å²) < 4.78 is 26.9. The zero-order valence-corrected chi connectivity index (χ0v) is 15.5. The van der Waals surface area contributed by atoms with Gasteiger partial charge in [-0.05, 0) is 37.3 Å². The van der Waals surface area contributed by atoms with Crippen molar-refractivity contribution in [2.75, 3.05) is 4.90 Å². The molecule has 1 aromatic carbocycles. The number of benzene rings is 1. The van der Waals surface area contributed by atoms with Crippen LogP contribution in [0.1, 0.15) is 42.1 Å². The van der Waals surface area contributed by atoms with Crippen LogP contribution in [0.15, 0.2) is 18.2 Å². The Hall–Kier alpha value is -2.53. The van der Waals surface area contributed by atoms with Crippen molar-refractivity contribution in [2.24, 2.45) is 5.41 Å². The minimum absolute atomic E-state index is 0.0193. The Kier molecular flexibility index (Phi) is 4.67. The summed E-state index contributed by atoms with van der Waals surface area (Å²) in [6.07, 6.45) is 3.83. The molecule has 5 nitrogen and oxygen atoms in total. The number of thiazole rings is 1. The first kappa shape index (κ1) is 18.3. The average Bonchev–Trinajstić information content (AvgIpc) is 2.93. The molecule has 1 atom stereocenters. The van der Waals surface area contributed by atoms with Crippen LogP contribution in [0.4, 0.5) is 19.6 Å². The maximum atomic E-state index is 13.5. The molecule has 0 radical (unpaired) electrons. The van der Waals surface area contributed by atoms with Crippen LogP contribution >= 0.6 is 11.3 Å². The molecule has 26 heavy (non-hydrogen) atoms. The molecule has 1 N–H and O–H groups in total. The summed E-state index contributed by atoms with van der Waals surface area (Å²) in [6, 6.07) is 2.90. The van der Waals surface area contributed by atoms with Gasteiger partial charge in [0, 0.05) is 17.0 Å². The first-order valence-electron chi connectivity index (χ1n) is 8.15. The van der Waals surface area contributed by atoms with E-state index < -0.39 is 11.6 Å². The summed E-state index contributed by atoms with van der Waals surface area (Å²) in [6.45, 7) is 5.91. The van der Waals surface area contributed by atoms with Gasteiger partial charge in [-0.15, -0.1) is 11.3 Å². The number of hydrogen-bond acceptors (Lipinski definition) is 5. The molecule has 1 aliphatic rings. The zero-order valence-electron chi connectivity index (χ0n) is 14.6. The molecule has 0 aliphatic heterocycles. The van der Waals surface area contributed by atoms with E-state index in [9.17, 15) is 18.8 Å². The number of nitrogens with one attached hydrogen (secondary N) is 1. The minimum Gasteiger partial charge on any atom is -0.347 e. The van der Waals surface area contributed by atoms with Gasteiger partial charge in [0.2, 0.25) is 5.13 Å². The molecule has 0 spiro atoms. The van der Waals surface area contributed by atoms with E-state index >= 15 is 0 Å². The third-order valence-electron chi connectivity index (χ3n) is 4.72. The summed E-state index contributed by atoms with van der Waals surface area (Å²) in [5, 5.41) is 12.6. The molecular formula is C18H18F2N4OS. The van der Waals surface area contributed by atoms with Gasteiger partial charge in [0.25, 0.3) is 5.91 Å². The van der Waals surface area contributed by atoms with Gasteiger partial charge in [-0.1, -0.05) is 13.8 Å². The fourth-order valence-corrected chi connectivity index (χ4v) is 3.81. The van der Waals surface area contributed by atoms with E-state index in [1.54, 1.807) is 6.92 Å². The Balaban J connectivity index is 1.86. The van der Waals surface area contributed by atoms with E-state index in [1.165, 1.54) is 0 Å². The lowest BCUT2D eigenvalue weighted by Crippen LogP contribution is -2.52. The van der Waals surface area contributed by atoms with Crippen molar-refractivity contribution >= 4 is 28.1 Å². The van der Waals surface area contributed by atoms with Gasteiger partial charge >= 0.3 is 0 Å².